The first-order valence-electron chi connectivity index (χ1n) is 11.2. The van der Waals surface area contributed by atoms with Gasteiger partial charge in [0, 0.05) is 11.1 Å². The first kappa shape index (κ1) is 24.0. The molecule has 0 aliphatic rings. The van der Waals surface area contributed by atoms with Crippen molar-refractivity contribution >= 4 is 40.2 Å². The molecule has 4 aromatic rings. The lowest BCUT2D eigenvalue weighted by atomic mass is 10.1. The van der Waals surface area contributed by atoms with Gasteiger partial charge in [-0.3, -0.25) is 14.2 Å². The number of carbonyl (C=O) groups excluding carboxylic acids is 1. The third-order valence-electron chi connectivity index (χ3n) is 5.53. The minimum atomic E-state index is -0.125. The maximum Gasteiger partial charge on any atom is 0.262 e. The fourth-order valence-corrected chi connectivity index (χ4v) is 4.65. The number of carbonyl (C=O) groups is 1. The van der Waals surface area contributed by atoms with Crippen molar-refractivity contribution in [3.63, 3.8) is 0 Å². The van der Waals surface area contributed by atoms with Crippen molar-refractivity contribution in [1.82, 2.24) is 14.9 Å². The lowest BCUT2D eigenvalue weighted by Crippen LogP contribution is -2.34. The molecule has 3 aromatic carbocycles. The number of aryl methyl sites for hydroxylation is 1. The summed E-state index contributed by atoms with van der Waals surface area (Å²) in [5.74, 6) is 0.104. The molecule has 0 fully saturated rings. The molecule has 174 valence electrons. The lowest BCUT2D eigenvalue weighted by molar-refractivity contribution is -0.119. The van der Waals surface area contributed by atoms with Crippen molar-refractivity contribution in [2.24, 2.45) is 0 Å². The second-order valence-corrected chi connectivity index (χ2v) is 9.59. The van der Waals surface area contributed by atoms with Crippen LogP contribution in [-0.2, 0) is 17.8 Å². The van der Waals surface area contributed by atoms with Crippen LogP contribution in [0.4, 0.5) is 0 Å². The van der Waals surface area contributed by atoms with Gasteiger partial charge in [0.15, 0.2) is 5.16 Å². The molecule has 0 radical (unpaired) electrons. The van der Waals surface area contributed by atoms with Crippen molar-refractivity contribution in [3.8, 4) is 0 Å². The van der Waals surface area contributed by atoms with Crippen molar-refractivity contribution in [2.45, 2.75) is 37.5 Å². The van der Waals surface area contributed by atoms with Crippen LogP contribution in [0, 0.1) is 0 Å². The molecule has 0 aliphatic heterocycles. The predicted molar refractivity (Wildman–Crippen MR) is 140 cm³/mol. The van der Waals surface area contributed by atoms with Crippen LogP contribution < -0.4 is 10.9 Å². The highest BCUT2D eigenvalue weighted by Crippen LogP contribution is 2.20. The molecule has 0 aliphatic carbocycles. The normalized spacial score (nSPS) is 11.9. The van der Waals surface area contributed by atoms with Gasteiger partial charge in [-0.25, -0.2) is 4.98 Å². The van der Waals surface area contributed by atoms with Gasteiger partial charge in [-0.05, 0) is 55.2 Å². The smallest absolute Gasteiger partial charge is 0.262 e. The van der Waals surface area contributed by atoms with Crippen LogP contribution in [0.3, 0.4) is 0 Å². The number of hydrogen-bond donors (Lipinski definition) is 1. The van der Waals surface area contributed by atoms with Crippen molar-refractivity contribution in [1.29, 1.82) is 0 Å². The van der Waals surface area contributed by atoms with E-state index in [2.05, 4.69) is 17.4 Å². The van der Waals surface area contributed by atoms with E-state index in [0.717, 1.165) is 18.4 Å². The first-order valence-corrected chi connectivity index (χ1v) is 12.6. The number of benzene rings is 3. The molecular formula is C27H26ClN3O2S. The average molecular weight is 492 g/mol. The lowest BCUT2D eigenvalue weighted by Gasteiger charge is -2.15. The number of amides is 1. The summed E-state index contributed by atoms with van der Waals surface area (Å²) >= 11 is 7.29. The summed E-state index contributed by atoms with van der Waals surface area (Å²) in [5.41, 5.74) is 2.69. The maximum atomic E-state index is 13.2. The van der Waals surface area contributed by atoms with Gasteiger partial charge in [0.25, 0.3) is 5.56 Å². The summed E-state index contributed by atoms with van der Waals surface area (Å²) in [6, 6.07) is 24.9. The highest BCUT2D eigenvalue weighted by Gasteiger charge is 2.15. The standard InChI is InChI=1S/C27H26ClN3O2S/c1-19(11-12-20-7-3-2-4-8-20)29-25(32)18-34-27-30-24-10-6-5-9-23(24)26(33)31(27)17-21-13-15-22(28)16-14-21/h2-10,13-16,19H,11-12,17-18H2,1H3,(H,29,32). The number of rotatable bonds is 9. The summed E-state index contributed by atoms with van der Waals surface area (Å²) in [7, 11) is 0. The Morgan fingerprint density at radius 3 is 2.47 bits per heavy atom. The number of nitrogens with zero attached hydrogens (tertiary/aromatic N) is 2. The SMILES string of the molecule is CC(CCc1ccccc1)NC(=O)CSc1nc2ccccc2c(=O)n1Cc1ccc(Cl)cc1. The van der Waals surface area contributed by atoms with Crippen LogP contribution in [0.25, 0.3) is 10.9 Å². The van der Waals surface area contributed by atoms with Gasteiger partial charge in [0.1, 0.15) is 0 Å². The molecule has 4 rings (SSSR count). The van der Waals surface area contributed by atoms with Gasteiger partial charge in [-0.2, -0.15) is 0 Å². The Balaban J connectivity index is 1.46. The Hall–Kier alpha value is -3.09. The zero-order valence-electron chi connectivity index (χ0n) is 18.9. The van der Waals surface area contributed by atoms with E-state index < -0.39 is 0 Å². The molecule has 0 saturated heterocycles. The van der Waals surface area contributed by atoms with Gasteiger partial charge < -0.3 is 5.32 Å². The summed E-state index contributed by atoms with van der Waals surface area (Å²) in [4.78, 5) is 30.6. The maximum absolute atomic E-state index is 13.2. The Morgan fingerprint density at radius 2 is 1.71 bits per heavy atom. The first-order chi connectivity index (χ1) is 16.5. The largest absolute Gasteiger partial charge is 0.353 e. The molecule has 34 heavy (non-hydrogen) atoms. The molecule has 0 saturated carbocycles. The fourth-order valence-electron chi connectivity index (χ4n) is 3.72. The number of para-hydroxylation sites is 1. The molecule has 1 unspecified atom stereocenters. The van der Waals surface area contributed by atoms with E-state index in [4.69, 9.17) is 16.6 Å². The molecule has 0 bridgehead atoms. The third kappa shape index (κ3) is 6.27. The molecule has 1 amide bonds. The number of halogens is 1. The van der Waals surface area contributed by atoms with Crippen LogP contribution >= 0.6 is 23.4 Å². The number of aromatic nitrogens is 2. The highest BCUT2D eigenvalue weighted by molar-refractivity contribution is 7.99. The Labute approximate surface area is 208 Å². The highest BCUT2D eigenvalue weighted by atomic mass is 35.5. The fraction of sp³-hybridized carbons (Fsp3) is 0.222. The summed E-state index contributed by atoms with van der Waals surface area (Å²) in [6.07, 6.45) is 1.76. The Bertz CT molecular complexity index is 1320. The van der Waals surface area contributed by atoms with Gasteiger partial charge in [0.2, 0.25) is 5.91 Å². The second kappa shape index (κ2) is 11.4. The Kier molecular flexibility index (Phi) is 8.03. The van der Waals surface area contributed by atoms with E-state index in [0.29, 0.717) is 27.6 Å². The molecule has 1 heterocycles. The van der Waals surface area contributed by atoms with E-state index in [1.807, 2.05) is 55.5 Å². The molecular weight excluding hydrogens is 466 g/mol. The quantitative estimate of drug-likeness (QED) is 0.254. The van der Waals surface area contributed by atoms with Crippen molar-refractivity contribution in [3.05, 3.63) is 105 Å². The van der Waals surface area contributed by atoms with Crippen LogP contribution in [-0.4, -0.2) is 27.3 Å². The van der Waals surface area contributed by atoms with Crippen LogP contribution in [0.1, 0.15) is 24.5 Å². The summed E-state index contributed by atoms with van der Waals surface area (Å²) < 4.78 is 1.63. The van der Waals surface area contributed by atoms with Gasteiger partial charge in [0.05, 0.1) is 23.2 Å². The van der Waals surface area contributed by atoms with Crippen LogP contribution in [0.2, 0.25) is 5.02 Å². The van der Waals surface area contributed by atoms with Gasteiger partial charge in [-0.15, -0.1) is 0 Å². The zero-order valence-corrected chi connectivity index (χ0v) is 20.5. The molecule has 1 N–H and O–H groups in total. The molecule has 5 nitrogen and oxygen atoms in total. The van der Waals surface area contributed by atoms with Crippen molar-refractivity contribution < 1.29 is 4.79 Å². The zero-order chi connectivity index (χ0) is 23.9. The number of thioether (sulfide) groups is 1. The Morgan fingerprint density at radius 1 is 1.00 bits per heavy atom. The number of fused-ring (bicyclic) bond motifs is 1. The molecule has 0 spiro atoms. The van der Waals surface area contributed by atoms with E-state index in [1.54, 1.807) is 22.8 Å². The monoisotopic (exact) mass is 491 g/mol. The molecule has 1 atom stereocenters. The number of nitrogens with one attached hydrogen (secondary N) is 1. The minimum Gasteiger partial charge on any atom is -0.353 e. The van der Waals surface area contributed by atoms with Gasteiger partial charge >= 0.3 is 0 Å². The van der Waals surface area contributed by atoms with E-state index in [1.165, 1.54) is 17.3 Å². The van der Waals surface area contributed by atoms with E-state index >= 15 is 0 Å². The summed E-state index contributed by atoms with van der Waals surface area (Å²) in [6.45, 7) is 2.36. The average Bonchev–Trinajstić information content (AvgIpc) is 2.85. The van der Waals surface area contributed by atoms with E-state index in [9.17, 15) is 9.59 Å². The van der Waals surface area contributed by atoms with Crippen molar-refractivity contribution in [2.75, 3.05) is 5.75 Å². The second-order valence-electron chi connectivity index (χ2n) is 8.21. The van der Waals surface area contributed by atoms with Crippen LogP contribution in [0.5, 0.6) is 0 Å². The molecule has 1 aromatic heterocycles. The summed E-state index contributed by atoms with van der Waals surface area (Å²) in [5, 5.41) is 4.77. The molecule has 7 heteroatoms. The van der Waals surface area contributed by atoms with E-state index in [-0.39, 0.29) is 23.3 Å². The predicted octanol–water partition coefficient (Wildman–Crippen LogP) is 5.33. The van der Waals surface area contributed by atoms with Gasteiger partial charge in [-0.1, -0.05) is 78.0 Å². The number of hydrogen-bond acceptors (Lipinski definition) is 4. The minimum absolute atomic E-state index is 0.0501. The van der Waals surface area contributed by atoms with Crippen LogP contribution in [0.15, 0.2) is 88.8 Å². The topological polar surface area (TPSA) is 64.0 Å². The third-order valence-corrected chi connectivity index (χ3v) is 6.76.